The number of carbonyl (C=O) groups excluding carboxylic acids is 4. The summed E-state index contributed by atoms with van der Waals surface area (Å²) in [5.74, 6) is 0.955. The second-order valence-electron chi connectivity index (χ2n) is 14.6. The summed E-state index contributed by atoms with van der Waals surface area (Å²) >= 11 is 0. The molecule has 0 saturated carbocycles. The van der Waals surface area contributed by atoms with Crippen LogP contribution in [0.2, 0.25) is 0 Å². The molecule has 2 aromatic heterocycles. The molecule has 56 heavy (non-hydrogen) atoms. The number of aromatic nitrogens is 4. The first kappa shape index (κ1) is 43.6. The van der Waals surface area contributed by atoms with Gasteiger partial charge in [-0.25, -0.2) is 19.6 Å². The molecule has 4 atom stereocenters. The van der Waals surface area contributed by atoms with E-state index in [1.165, 1.54) is 14.2 Å². The number of imidazole rings is 2. The number of hydrogen-bond acceptors (Lipinski definition) is 8. The highest BCUT2D eigenvalue weighted by atomic mass is 35.5. The first-order chi connectivity index (χ1) is 26.0. The number of benzene rings is 2. The molecule has 2 aliphatic rings. The van der Waals surface area contributed by atoms with Crippen LogP contribution in [0.1, 0.15) is 77.1 Å². The second kappa shape index (κ2) is 19.2. The molecule has 4 aromatic rings. The SMILES string of the molecule is COC(=O)N[C@H](C(=O)N1CCCC1c1ncc(-c2ccc(-c3ccc(-c4cnc(C5CCCN5C(=O)[C@@H](NC(=O)OC)C(C)C)[nH]4)cc3)cc2)[nH]1)C(C)C.Cl.Cl. The molecule has 2 unspecified atom stereocenters. The molecular formula is C40H52Cl2N8O6. The van der Waals surface area contributed by atoms with Crippen molar-refractivity contribution < 1.29 is 28.7 Å². The van der Waals surface area contributed by atoms with Gasteiger partial charge in [0, 0.05) is 13.1 Å². The van der Waals surface area contributed by atoms with Gasteiger partial charge in [0.25, 0.3) is 0 Å². The maximum atomic E-state index is 13.5. The van der Waals surface area contributed by atoms with Gasteiger partial charge in [-0.15, -0.1) is 24.8 Å². The number of likely N-dealkylation sites (tertiary alicyclic amines) is 2. The van der Waals surface area contributed by atoms with Crippen LogP contribution in [0.25, 0.3) is 33.6 Å². The maximum absolute atomic E-state index is 13.5. The Bertz CT molecular complexity index is 1810. The number of nitrogens with zero attached hydrogens (tertiary/aromatic N) is 4. The quantitative estimate of drug-likeness (QED) is 0.125. The normalized spacial score (nSPS) is 17.5. The number of aromatic amines is 2. The molecule has 2 saturated heterocycles. The van der Waals surface area contributed by atoms with Gasteiger partial charge < -0.3 is 39.9 Å². The number of H-pyrrole nitrogens is 2. The molecule has 0 aliphatic carbocycles. The van der Waals surface area contributed by atoms with Crippen LogP contribution < -0.4 is 10.6 Å². The van der Waals surface area contributed by atoms with Gasteiger partial charge in [0.05, 0.1) is 50.1 Å². The van der Waals surface area contributed by atoms with Gasteiger partial charge in [0.2, 0.25) is 11.8 Å². The van der Waals surface area contributed by atoms with Gasteiger partial charge in [-0.2, -0.15) is 0 Å². The van der Waals surface area contributed by atoms with E-state index in [-0.39, 0.29) is 60.5 Å². The Morgan fingerprint density at radius 3 is 1.29 bits per heavy atom. The van der Waals surface area contributed by atoms with Gasteiger partial charge >= 0.3 is 12.2 Å². The Morgan fingerprint density at radius 1 is 0.625 bits per heavy atom. The van der Waals surface area contributed by atoms with Crippen molar-refractivity contribution >= 4 is 48.8 Å². The molecule has 6 rings (SSSR count). The average Bonchev–Trinajstić information content (AvgIpc) is 4.02. The van der Waals surface area contributed by atoms with Crippen LogP contribution in [-0.2, 0) is 19.1 Å². The summed E-state index contributed by atoms with van der Waals surface area (Å²) in [6, 6.07) is 14.7. The number of carbonyl (C=O) groups is 4. The monoisotopic (exact) mass is 810 g/mol. The lowest BCUT2D eigenvalue weighted by Crippen LogP contribution is -2.51. The van der Waals surface area contributed by atoms with E-state index in [2.05, 4.69) is 54.8 Å². The van der Waals surface area contributed by atoms with Crippen molar-refractivity contribution in [2.75, 3.05) is 27.3 Å². The van der Waals surface area contributed by atoms with E-state index in [4.69, 9.17) is 9.47 Å². The third kappa shape index (κ3) is 9.47. The molecule has 14 nitrogen and oxygen atoms in total. The van der Waals surface area contributed by atoms with E-state index in [0.717, 1.165) is 71.0 Å². The summed E-state index contributed by atoms with van der Waals surface area (Å²) in [7, 11) is 2.58. The fourth-order valence-corrected chi connectivity index (χ4v) is 7.38. The molecule has 0 spiro atoms. The first-order valence-electron chi connectivity index (χ1n) is 18.6. The molecule has 2 aromatic carbocycles. The lowest BCUT2D eigenvalue weighted by molar-refractivity contribution is -0.136. The smallest absolute Gasteiger partial charge is 0.407 e. The topological polar surface area (TPSA) is 175 Å². The fourth-order valence-electron chi connectivity index (χ4n) is 7.38. The first-order valence-corrected chi connectivity index (χ1v) is 18.6. The number of rotatable bonds is 11. The highest BCUT2D eigenvalue weighted by Gasteiger charge is 2.39. The van der Waals surface area contributed by atoms with Gasteiger partial charge in [0.15, 0.2) is 0 Å². The fraction of sp³-hybridized carbons (Fsp3) is 0.450. The van der Waals surface area contributed by atoms with Gasteiger partial charge in [-0.1, -0.05) is 76.2 Å². The van der Waals surface area contributed by atoms with Crippen molar-refractivity contribution in [3.8, 4) is 33.6 Å². The predicted octanol–water partition coefficient (Wildman–Crippen LogP) is 7.07. The zero-order chi connectivity index (χ0) is 38.5. The number of hydrogen-bond donors (Lipinski definition) is 4. The molecule has 2 aliphatic heterocycles. The van der Waals surface area contributed by atoms with Crippen LogP contribution in [0.5, 0.6) is 0 Å². The average molecular weight is 812 g/mol. The molecular weight excluding hydrogens is 759 g/mol. The van der Waals surface area contributed by atoms with Gasteiger partial charge in [-0.05, 0) is 59.8 Å². The van der Waals surface area contributed by atoms with Crippen LogP contribution in [0.3, 0.4) is 0 Å². The minimum atomic E-state index is -0.687. The molecule has 4 N–H and O–H groups in total. The number of amides is 4. The van der Waals surface area contributed by atoms with Crippen molar-refractivity contribution in [3.05, 3.63) is 72.6 Å². The zero-order valence-corrected chi connectivity index (χ0v) is 34.2. The van der Waals surface area contributed by atoms with E-state index in [1.807, 2.05) is 52.0 Å². The van der Waals surface area contributed by atoms with Crippen LogP contribution in [0.4, 0.5) is 9.59 Å². The van der Waals surface area contributed by atoms with Crippen molar-refractivity contribution in [3.63, 3.8) is 0 Å². The number of nitrogens with one attached hydrogen (secondary N) is 4. The van der Waals surface area contributed by atoms with Crippen LogP contribution >= 0.6 is 24.8 Å². The lowest BCUT2D eigenvalue weighted by atomic mass is 10.0. The zero-order valence-electron chi connectivity index (χ0n) is 32.5. The molecule has 4 amide bonds. The van der Waals surface area contributed by atoms with E-state index in [1.54, 1.807) is 22.2 Å². The lowest BCUT2D eigenvalue weighted by Gasteiger charge is -2.30. The Balaban J connectivity index is 0.00000348. The maximum Gasteiger partial charge on any atom is 0.407 e. The van der Waals surface area contributed by atoms with E-state index in [0.29, 0.717) is 13.1 Å². The van der Waals surface area contributed by atoms with E-state index >= 15 is 0 Å². The second-order valence-corrected chi connectivity index (χ2v) is 14.6. The molecule has 0 radical (unpaired) electrons. The van der Waals surface area contributed by atoms with Crippen molar-refractivity contribution in [1.29, 1.82) is 0 Å². The third-order valence-corrected chi connectivity index (χ3v) is 10.4. The van der Waals surface area contributed by atoms with Crippen LogP contribution in [-0.4, -0.2) is 93.1 Å². The molecule has 0 bridgehead atoms. The van der Waals surface area contributed by atoms with E-state index < -0.39 is 24.3 Å². The summed E-state index contributed by atoms with van der Waals surface area (Å²) < 4.78 is 9.50. The van der Waals surface area contributed by atoms with Crippen LogP contribution in [0.15, 0.2) is 60.9 Å². The summed E-state index contributed by atoms with van der Waals surface area (Å²) in [6.07, 6.45) is 5.61. The summed E-state index contributed by atoms with van der Waals surface area (Å²) in [6.45, 7) is 8.78. The van der Waals surface area contributed by atoms with Crippen LogP contribution in [0, 0.1) is 11.8 Å². The molecule has 4 heterocycles. The van der Waals surface area contributed by atoms with Crippen molar-refractivity contribution in [2.24, 2.45) is 11.8 Å². The Morgan fingerprint density at radius 2 is 0.964 bits per heavy atom. The number of methoxy groups -OCH3 is 2. The van der Waals surface area contributed by atoms with Gasteiger partial charge in [-0.3, -0.25) is 9.59 Å². The predicted molar refractivity (Wildman–Crippen MR) is 217 cm³/mol. The number of halogens is 2. The summed E-state index contributed by atoms with van der Waals surface area (Å²) in [5.41, 5.74) is 5.78. The molecule has 16 heteroatoms. The molecule has 302 valence electrons. The molecule has 2 fully saturated rings. The Hall–Kier alpha value is -5.08. The minimum Gasteiger partial charge on any atom is -0.453 e. The largest absolute Gasteiger partial charge is 0.453 e. The Labute approximate surface area is 339 Å². The summed E-state index contributed by atoms with van der Waals surface area (Å²) in [5, 5.41) is 5.38. The summed E-state index contributed by atoms with van der Waals surface area (Å²) in [4.78, 5) is 70.7. The minimum absolute atomic E-state index is 0. The number of ether oxygens (including phenoxy) is 2. The Kier molecular flexibility index (Phi) is 14.9. The van der Waals surface area contributed by atoms with Crippen molar-refractivity contribution in [1.82, 2.24) is 40.4 Å². The number of alkyl carbamates (subject to hydrolysis) is 2. The highest BCUT2D eigenvalue weighted by molar-refractivity contribution is 5.87. The third-order valence-electron chi connectivity index (χ3n) is 10.4. The van der Waals surface area contributed by atoms with Crippen molar-refractivity contribution in [2.45, 2.75) is 77.5 Å². The van der Waals surface area contributed by atoms with E-state index in [9.17, 15) is 19.2 Å². The highest BCUT2D eigenvalue weighted by Crippen LogP contribution is 2.35. The standard InChI is InChI=1S/C40H50N8O6.2ClH/c1-23(2)33(45-39(51)53-5)37(49)47-19-7-9-31(47)35-41-21-29(43-35)27-15-11-25(12-16-27)26-13-17-28(18-14-26)30-22-42-36(44-30)32-10-8-20-48(32)38(50)34(24(3)4)46-40(52)54-6;;/h11-18,21-24,31-34H,7-10,19-20H2,1-6H3,(H,41,43)(H,42,44)(H,45,51)(H,46,52);2*1H/t31?,32?,33-,34-;;/m0../s1. The van der Waals surface area contributed by atoms with Gasteiger partial charge in [0.1, 0.15) is 23.7 Å².